The van der Waals surface area contributed by atoms with E-state index in [0.29, 0.717) is 40.0 Å². The van der Waals surface area contributed by atoms with E-state index in [1.807, 2.05) is 46.7 Å². The number of fused-ring (bicyclic) bond motifs is 1. The molecule has 2 aromatic rings. The second kappa shape index (κ2) is 11.3. The van der Waals surface area contributed by atoms with Gasteiger partial charge in [-0.15, -0.1) is 0 Å². The van der Waals surface area contributed by atoms with E-state index in [1.165, 1.54) is 11.8 Å². The summed E-state index contributed by atoms with van der Waals surface area (Å²) in [5.41, 5.74) is 3.41. The number of amidine groups is 1. The van der Waals surface area contributed by atoms with E-state index in [1.54, 1.807) is 40.2 Å². The van der Waals surface area contributed by atoms with Crippen LogP contribution in [0.15, 0.2) is 75.9 Å². The van der Waals surface area contributed by atoms with Gasteiger partial charge in [-0.1, -0.05) is 42.1 Å². The second-order valence-corrected chi connectivity index (χ2v) is 9.00. The fourth-order valence-electron chi connectivity index (χ4n) is 4.21. The topological polar surface area (TPSA) is 89.5 Å². The minimum atomic E-state index is -0.607. The van der Waals surface area contributed by atoms with Crippen LogP contribution in [0.4, 0.5) is 0 Å². The lowest BCUT2D eigenvalue weighted by Crippen LogP contribution is -2.38. The maximum atomic E-state index is 13.2. The summed E-state index contributed by atoms with van der Waals surface area (Å²) in [5.74, 6) is 0.611. The minimum Gasteiger partial charge on any atom is -0.497 e. The molecule has 2 aromatic carbocycles. The number of ether oxygens (including phenoxy) is 3. The molecular weight excluding hydrogens is 478 g/mol. The van der Waals surface area contributed by atoms with Gasteiger partial charge in [0.2, 0.25) is 5.91 Å². The zero-order valence-electron chi connectivity index (χ0n) is 20.7. The molecule has 1 atom stereocenters. The lowest BCUT2D eigenvalue weighted by Gasteiger charge is -2.36. The first kappa shape index (κ1) is 25.4. The predicted molar refractivity (Wildman–Crippen MR) is 139 cm³/mol. The molecule has 4 rings (SSSR count). The Morgan fingerprint density at radius 3 is 2.58 bits per heavy atom. The Hall–Kier alpha value is -3.72. The molecular formula is C27H29N3O5S. The van der Waals surface area contributed by atoms with Gasteiger partial charge in [-0.25, -0.2) is 9.79 Å². The molecule has 36 heavy (non-hydrogen) atoms. The van der Waals surface area contributed by atoms with E-state index in [2.05, 4.69) is 10.3 Å². The smallest absolute Gasteiger partial charge is 0.338 e. The quantitative estimate of drug-likeness (QED) is 0.498. The predicted octanol–water partition coefficient (Wildman–Crippen LogP) is 4.55. The lowest BCUT2D eigenvalue weighted by atomic mass is 9.92. The number of esters is 1. The fraction of sp³-hybridized carbons (Fsp3) is 0.296. The first-order chi connectivity index (χ1) is 17.5. The van der Waals surface area contributed by atoms with Gasteiger partial charge < -0.3 is 24.4 Å². The Morgan fingerprint density at radius 1 is 1.11 bits per heavy atom. The van der Waals surface area contributed by atoms with Crippen LogP contribution in [-0.4, -0.2) is 42.8 Å². The third-order valence-corrected chi connectivity index (χ3v) is 6.79. The third kappa shape index (κ3) is 5.26. The number of methoxy groups -OCH3 is 2. The molecule has 0 bridgehead atoms. The highest BCUT2D eigenvalue weighted by atomic mass is 32.2. The first-order valence-corrected chi connectivity index (χ1v) is 12.5. The number of rotatable bonds is 9. The maximum absolute atomic E-state index is 13.2. The van der Waals surface area contributed by atoms with Gasteiger partial charge >= 0.3 is 5.97 Å². The summed E-state index contributed by atoms with van der Waals surface area (Å²) >= 11 is 1.42. The number of carbonyl (C=O) groups is 2. The Balaban J connectivity index is 1.69. The molecule has 2 heterocycles. The van der Waals surface area contributed by atoms with E-state index in [0.717, 1.165) is 11.3 Å². The van der Waals surface area contributed by atoms with Gasteiger partial charge in [0.15, 0.2) is 5.17 Å². The summed E-state index contributed by atoms with van der Waals surface area (Å²) in [6, 6.07) is 14.6. The lowest BCUT2D eigenvalue weighted by molar-refractivity contribution is -0.139. The monoisotopic (exact) mass is 507 g/mol. The van der Waals surface area contributed by atoms with Crippen molar-refractivity contribution in [2.75, 3.05) is 20.8 Å². The van der Waals surface area contributed by atoms with Gasteiger partial charge in [0.05, 0.1) is 44.6 Å². The zero-order chi connectivity index (χ0) is 25.7. The average molecular weight is 508 g/mol. The van der Waals surface area contributed by atoms with Gasteiger partial charge in [0.25, 0.3) is 0 Å². The van der Waals surface area contributed by atoms with Gasteiger partial charge in [-0.3, -0.25) is 4.79 Å². The van der Waals surface area contributed by atoms with Crippen LogP contribution in [0, 0.1) is 0 Å². The Kier molecular flexibility index (Phi) is 8.00. The van der Waals surface area contributed by atoms with Crippen LogP contribution >= 0.6 is 11.8 Å². The minimum absolute atomic E-state index is 0.122. The molecule has 0 radical (unpaired) electrons. The maximum Gasteiger partial charge on any atom is 0.338 e. The molecule has 0 aliphatic carbocycles. The van der Waals surface area contributed by atoms with E-state index in [9.17, 15) is 9.59 Å². The molecule has 1 amide bonds. The van der Waals surface area contributed by atoms with Crippen molar-refractivity contribution in [3.8, 4) is 11.5 Å². The number of benzene rings is 2. The Labute approximate surface area is 215 Å². The van der Waals surface area contributed by atoms with Crippen molar-refractivity contribution in [2.24, 2.45) is 4.99 Å². The first-order valence-electron chi connectivity index (χ1n) is 11.6. The van der Waals surface area contributed by atoms with E-state index < -0.39 is 12.0 Å². The van der Waals surface area contributed by atoms with Crippen LogP contribution in [0.1, 0.15) is 37.4 Å². The average Bonchev–Trinajstić information content (AvgIpc) is 3.28. The molecule has 0 aromatic heterocycles. The van der Waals surface area contributed by atoms with Crippen molar-refractivity contribution in [2.45, 2.75) is 32.9 Å². The molecule has 0 unspecified atom stereocenters. The molecule has 8 nitrogen and oxygen atoms in total. The number of nitrogens with zero attached hydrogens (tertiary/aromatic N) is 2. The number of thioether (sulfide) groups is 1. The Morgan fingerprint density at radius 2 is 1.89 bits per heavy atom. The molecule has 0 fully saturated rings. The highest BCUT2D eigenvalue weighted by Crippen LogP contribution is 2.47. The van der Waals surface area contributed by atoms with Gasteiger partial charge in [-0.2, -0.15) is 0 Å². The molecule has 0 saturated heterocycles. The van der Waals surface area contributed by atoms with Crippen molar-refractivity contribution < 1.29 is 23.8 Å². The standard InChI is InChI=1S/C27H29N3O5S/c1-5-35-26(32)24-17(2)29-27-30(25(24)21-14-20(33-3)11-12-22(21)34-4)19(16-36-27)13-23(31)28-15-18-9-7-6-8-10-18/h6-12,14,16,25H,5,13,15H2,1-4H3,(H,28,31)/t25-/m0/s1. The summed E-state index contributed by atoms with van der Waals surface area (Å²) < 4.78 is 16.6. The van der Waals surface area contributed by atoms with Gasteiger partial charge in [0, 0.05) is 17.8 Å². The molecule has 9 heteroatoms. The second-order valence-electron chi connectivity index (χ2n) is 8.16. The number of nitrogens with one attached hydrogen (secondary N) is 1. The van der Waals surface area contributed by atoms with Gasteiger partial charge in [0.1, 0.15) is 11.5 Å². The third-order valence-electron chi connectivity index (χ3n) is 5.90. The molecule has 2 aliphatic rings. The number of hydrogen-bond donors (Lipinski definition) is 1. The van der Waals surface area contributed by atoms with Crippen LogP contribution in [0.2, 0.25) is 0 Å². The number of aliphatic imine (C=N–C) groups is 1. The molecule has 0 saturated carbocycles. The highest BCUT2D eigenvalue weighted by molar-refractivity contribution is 8.16. The van der Waals surface area contributed by atoms with E-state index >= 15 is 0 Å². The number of amides is 1. The van der Waals surface area contributed by atoms with E-state index in [4.69, 9.17) is 14.2 Å². The molecule has 188 valence electrons. The van der Waals surface area contributed by atoms with Crippen molar-refractivity contribution in [1.29, 1.82) is 0 Å². The summed E-state index contributed by atoms with van der Waals surface area (Å²) in [5, 5.41) is 5.56. The van der Waals surface area contributed by atoms with Crippen molar-refractivity contribution >= 4 is 28.8 Å². The highest BCUT2D eigenvalue weighted by Gasteiger charge is 2.42. The fourth-order valence-corrected chi connectivity index (χ4v) is 5.17. The van der Waals surface area contributed by atoms with Crippen LogP contribution in [-0.2, 0) is 20.9 Å². The van der Waals surface area contributed by atoms with Crippen LogP contribution < -0.4 is 14.8 Å². The Bertz CT molecular complexity index is 1240. The summed E-state index contributed by atoms with van der Waals surface area (Å²) in [7, 11) is 3.16. The summed E-state index contributed by atoms with van der Waals surface area (Å²) in [4.78, 5) is 32.7. The number of hydrogen-bond acceptors (Lipinski definition) is 8. The van der Waals surface area contributed by atoms with Crippen LogP contribution in [0.5, 0.6) is 11.5 Å². The van der Waals surface area contributed by atoms with Crippen molar-refractivity contribution in [1.82, 2.24) is 10.2 Å². The van der Waals surface area contributed by atoms with Crippen LogP contribution in [0.3, 0.4) is 0 Å². The van der Waals surface area contributed by atoms with E-state index in [-0.39, 0.29) is 18.9 Å². The zero-order valence-corrected chi connectivity index (χ0v) is 21.6. The summed E-state index contributed by atoms with van der Waals surface area (Å²) in [6.07, 6.45) is 0.122. The molecule has 0 spiro atoms. The van der Waals surface area contributed by atoms with Crippen molar-refractivity contribution in [3.63, 3.8) is 0 Å². The molecule has 1 N–H and O–H groups in total. The van der Waals surface area contributed by atoms with Gasteiger partial charge in [-0.05, 0) is 43.0 Å². The van der Waals surface area contributed by atoms with Crippen LogP contribution in [0.25, 0.3) is 0 Å². The molecule has 2 aliphatic heterocycles. The number of carbonyl (C=O) groups excluding carboxylic acids is 2. The van der Waals surface area contributed by atoms with Crippen molar-refractivity contribution in [3.05, 3.63) is 82.0 Å². The summed E-state index contributed by atoms with van der Waals surface area (Å²) in [6.45, 7) is 4.22. The normalized spacial score (nSPS) is 16.7. The SMILES string of the molecule is CCOC(=O)C1=C(C)N=C2SC=C(CC(=O)NCc3ccccc3)N2[C@H]1c1cc(OC)ccc1OC. The largest absolute Gasteiger partial charge is 0.497 e. The number of allylic oxidation sites excluding steroid dienone is 1.